The molecule has 0 amide bonds. The number of hydrogen-bond donors (Lipinski definition) is 1. The molecule has 2 rings (SSSR count). The second kappa shape index (κ2) is 6.34. The Morgan fingerprint density at radius 2 is 2.42 bits per heavy atom. The summed E-state index contributed by atoms with van der Waals surface area (Å²) in [6.45, 7) is 4.19. The van der Waals surface area contributed by atoms with Gasteiger partial charge in [-0.25, -0.2) is 4.79 Å². The van der Waals surface area contributed by atoms with Crippen molar-refractivity contribution in [2.24, 2.45) is 5.92 Å². The molecular formula is C13H18N2O2S2. The molecule has 2 heterocycles. The number of rotatable bonds is 2. The number of thiophene rings is 1. The average molecular weight is 298 g/mol. The molecule has 0 radical (unpaired) electrons. The minimum atomic E-state index is -0.327. The molecule has 1 aliphatic heterocycles. The van der Waals surface area contributed by atoms with E-state index in [4.69, 9.17) is 17.0 Å². The van der Waals surface area contributed by atoms with Crippen molar-refractivity contribution in [3.63, 3.8) is 0 Å². The Hall–Kier alpha value is -1.14. The molecule has 1 saturated heterocycles. The van der Waals surface area contributed by atoms with Crippen molar-refractivity contribution in [3.8, 4) is 0 Å². The first-order valence-electron chi connectivity index (χ1n) is 6.33. The van der Waals surface area contributed by atoms with Crippen LogP contribution < -0.4 is 5.32 Å². The van der Waals surface area contributed by atoms with E-state index < -0.39 is 0 Å². The van der Waals surface area contributed by atoms with Crippen LogP contribution in [-0.2, 0) is 4.74 Å². The van der Waals surface area contributed by atoms with Gasteiger partial charge >= 0.3 is 5.97 Å². The Labute approximate surface area is 122 Å². The van der Waals surface area contributed by atoms with Gasteiger partial charge in [-0.3, -0.25) is 0 Å². The van der Waals surface area contributed by atoms with Crippen LogP contribution >= 0.6 is 23.6 Å². The number of anilines is 1. The number of carbonyl (C=O) groups is 1. The lowest BCUT2D eigenvalue weighted by atomic mass is 10.0. The molecule has 104 valence electrons. The van der Waals surface area contributed by atoms with Crippen molar-refractivity contribution < 1.29 is 9.53 Å². The number of carbonyl (C=O) groups excluding carboxylic acids is 1. The fraction of sp³-hybridized carbons (Fsp3) is 0.538. The summed E-state index contributed by atoms with van der Waals surface area (Å²) in [5.74, 6) is 0.336. The van der Waals surface area contributed by atoms with Crippen LogP contribution in [0.1, 0.15) is 29.4 Å². The number of nitrogens with one attached hydrogen (secondary N) is 1. The van der Waals surface area contributed by atoms with Crippen LogP contribution in [0.5, 0.6) is 0 Å². The highest BCUT2D eigenvalue weighted by Gasteiger charge is 2.20. The number of nitrogens with zero attached hydrogens (tertiary/aromatic N) is 1. The maximum atomic E-state index is 11.6. The molecule has 6 heteroatoms. The van der Waals surface area contributed by atoms with E-state index >= 15 is 0 Å². The predicted molar refractivity (Wildman–Crippen MR) is 81.9 cm³/mol. The van der Waals surface area contributed by atoms with E-state index in [-0.39, 0.29) is 5.97 Å². The second-order valence-corrected chi connectivity index (χ2v) is 6.08. The Morgan fingerprint density at radius 3 is 3.11 bits per heavy atom. The molecule has 0 spiro atoms. The van der Waals surface area contributed by atoms with Gasteiger partial charge in [0, 0.05) is 13.1 Å². The molecule has 0 aromatic carbocycles. The van der Waals surface area contributed by atoms with Gasteiger partial charge in [-0.2, -0.15) is 0 Å². The monoisotopic (exact) mass is 298 g/mol. The molecule has 1 atom stereocenters. The molecule has 0 unspecified atom stereocenters. The van der Waals surface area contributed by atoms with Gasteiger partial charge in [-0.15, -0.1) is 11.3 Å². The van der Waals surface area contributed by atoms with Gasteiger partial charge in [0.25, 0.3) is 0 Å². The van der Waals surface area contributed by atoms with Crippen LogP contribution in [0.2, 0.25) is 0 Å². The van der Waals surface area contributed by atoms with E-state index in [0.717, 1.165) is 25.2 Å². The Bertz CT molecular complexity index is 473. The van der Waals surface area contributed by atoms with Gasteiger partial charge in [0.15, 0.2) is 5.11 Å². The molecule has 1 N–H and O–H groups in total. The number of methoxy groups -OCH3 is 1. The van der Waals surface area contributed by atoms with Crippen LogP contribution in [-0.4, -0.2) is 36.2 Å². The van der Waals surface area contributed by atoms with E-state index in [2.05, 4.69) is 17.1 Å². The van der Waals surface area contributed by atoms with Crippen molar-refractivity contribution in [2.75, 3.05) is 25.5 Å². The summed E-state index contributed by atoms with van der Waals surface area (Å²) in [6, 6.07) is 1.86. The highest BCUT2D eigenvalue weighted by Crippen LogP contribution is 2.24. The van der Waals surface area contributed by atoms with Gasteiger partial charge in [0.2, 0.25) is 0 Å². The van der Waals surface area contributed by atoms with Gasteiger partial charge in [-0.1, -0.05) is 6.92 Å². The molecule has 0 bridgehead atoms. The van der Waals surface area contributed by atoms with Gasteiger partial charge in [0.05, 0.1) is 12.8 Å². The standard InChI is InChI=1S/C13H18N2O2S2/c1-9-4-3-6-15(8-9)13(18)14-10-5-7-19-11(10)12(16)17-2/h5,7,9H,3-4,6,8H2,1-2H3,(H,14,18)/t9-/m0/s1. The van der Waals surface area contributed by atoms with Crippen molar-refractivity contribution >= 4 is 40.3 Å². The van der Waals surface area contributed by atoms with E-state index in [1.54, 1.807) is 0 Å². The normalized spacial score (nSPS) is 19.1. The number of hydrogen-bond acceptors (Lipinski definition) is 4. The van der Waals surface area contributed by atoms with Crippen molar-refractivity contribution in [1.82, 2.24) is 4.90 Å². The van der Waals surface area contributed by atoms with Crippen LogP contribution in [0.4, 0.5) is 5.69 Å². The minimum Gasteiger partial charge on any atom is -0.465 e. The molecule has 1 aromatic rings. The first kappa shape index (κ1) is 14.3. The summed E-state index contributed by atoms with van der Waals surface area (Å²) < 4.78 is 4.75. The zero-order valence-corrected chi connectivity index (χ0v) is 12.8. The molecule has 1 aliphatic rings. The number of esters is 1. The fourth-order valence-electron chi connectivity index (χ4n) is 2.23. The lowest BCUT2D eigenvalue weighted by Gasteiger charge is -2.33. The molecule has 0 aliphatic carbocycles. The Balaban J connectivity index is 2.02. The summed E-state index contributed by atoms with van der Waals surface area (Å²) in [6.07, 6.45) is 2.42. The maximum absolute atomic E-state index is 11.6. The third kappa shape index (κ3) is 3.45. The summed E-state index contributed by atoms with van der Waals surface area (Å²) in [5.41, 5.74) is 0.736. The third-order valence-electron chi connectivity index (χ3n) is 3.22. The third-order valence-corrected chi connectivity index (χ3v) is 4.48. The Kier molecular flexibility index (Phi) is 4.76. The van der Waals surface area contributed by atoms with Crippen molar-refractivity contribution in [2.45, 2.75) is 19.8 Å². The molecular weight excluding hydrogens is 280 g/mol. The number of ether oxygens (including phenoxy) is 1. The molecule has 1 fully saturated rings. The summed E-state index contributed by atoms with van der Waals surface area (Å²) in [5, 5.41) is 5.71. The zero-order chi connectivity index (χ0) is 13.8. The SMILES string of the molecule is COC(=O)c1sccc1NC(=S)N1CCC[C@H](C)C1. The fourth-order valence-corrected chi connectivity index (χ4v) is 3.27. The lowest BCUT2D eigenvalue weighted by molar-refractivity contribution is 0.0607. The summed E-state index contributed by atoms with van der Waals surface area (Å²) in [7, 11) is 1.39. The van der Waals surface area contributed by atoms with Crippen LogP contribution in [0.15, 0.2) is 11.4 Å². The number of likely N-dealkylation sites (tertiary alicyclic amines) is 1. The first-order chi connectivity index (χ1) is 9.11. The minimum absolute atomic E-state index is 0.327. The predicted octanol–water partition coefficient (Wildman–Crippen LogP) is 2.96. The van der Waals surface area contributed by atoms with E-state index in [0.29, 0.717) is 15.9 Å². The van der Waals surface area contributed by atoms with E-state index in [1.807, 2.05) is 11.4 Å². The largest absolute Gasteiger partial charge is 0.465 e. The van der Waals surface area contributed by atoms with Gasteiger partial charge < -0.3 is 15.0 Å². The van der Waals surface area contributed by atoms with Crippen LogP contribution in [0, 0.1) is 5.92 Å². The highest BCUT2D eigenvalue weighted by molar-refractivity contribution is 7.80. The van der Waals surface area contributed by atoms with Gasteiger partial charge in [-0.05, 0) is 42.4 Å². The van der Waals surface area contributed by atoms with E-state index in [9.17, 15) is 4.79 Å². The molecule has 0 saturated carbocycles. The lowest BCUT2D eigenvalue weighted by Crippen LogP contribution is -2.41. The molecule has 1 aromatic heterocycles. The number of piperidine rings is 1. The van der Waals surface area contributed by atoms with Crippen molar-refractivity contribution in [1.29, 1.82) is 0 Å². The quantitative estimate of drug-likeness (QED) is 0.671. The average Bonchev–Trinajstić information content (AvgIpc) is 2.86. The van der Waals surface area contributed by atoms with Crippen LogP contribution in [0.25, 0.3) is 0 Å². The van der Waals surface area contributed by atoms with E-state index in [1.165, 1.54) is 24.9 Å². The van der Waals surface area contributed by atoms with Crippen molar-refractivity contribution in [3.05, 3.63) is 16.3 Å². The summed E-state index contributed by atoms with van der Waals surface area (Å²) in [4.78, 5) is 14.3. The Morgan fingerprint density at radius 1 is 1.63 bits per heavy atom. The molecule has 19 heavy (non-hydrogen) atoms. The smallest absolute Gasteiger partial charge is 0.350 e. The summed E-state index contributed by atoms with van der Waals surface area (Å²) >= 11 is 6.78. The highest BCUT2D eigenvalue weighted by atomic mass is 32.1. The van der Waals surface area contributed by atoms with Crippen LogP contribution in [0.3, 0.4) is 0 Å². The van der Waals surface area contributed by atoms with Gasteiger partial charge in [0.1, 0.15) is 4.88 Å². The number of thiocarbonyl (C=S) groups is 1. The maximum Gasteiger partial charge on any atom is 0.350 e. The molecule has 4 nitrogen and oxygen atoms in total. The second-order valence-electron chi connectivity index (χ2n) is 4.78. The topological polar surface area (TPSA) is 41.6 Å². The zero-order valence-electron chi connectivity index (χ0n) is 11.1. The first-order valence-corrected chi connectivity index (χ1v) is 7.62.